The highest BCUT2D eigenvalue weighted by Crippen LogP contribution is 2.20. The Bertz CT molecular complexity index is 164. The lowest BCUT2D eigenvalue weighted by Crippen LogP contribution is -2.22. The predicted octanol–water partition coefficient (Wildman–Crippen LogP) is 4.06. The van der Waals surface area contributed by atoms with E-state index in [4.69, 9.17) is 0 Å². The summed E-state index contributed by atoms with van der Waals surface area (Å²) >= 11 is 0. The minimum atomic E-state index is -0.495. The molecule has 0 aromatic carbocycles. The van der Waals surface area contributed by atoms with Crippen LogP contribution in [-0.2, 0) is 0 Å². The molecule has 1 atom stereocenters. The zero-order valence-electron chi connectivity index (χ0n) is 10.3. The molecule has 0 bridgehead atoms. The molecule has 0 aliphatic rings. The third-order valence-corrected chi connectivity index (χ3v) is 2.52. The molecule has 0 aromatic heterocycles. The molecule has 0 heterocycles. The Balaban J connectivity index is 3.66. The van der Waals surface area contributed by atoms with Crippen molar-refractivity contribution in [1.29, 1.82) is 0 Å². The smallest absolute Gasteiger partial charge is 0.0654 e. The monoisotopic (exact) mass is 198 g/mol. The molecule has 0 spiro atoms. The molecule has 1 nitrogen and oxygen atoms in total. The molecule has 1 unspecified atom stereocenters. The van der Waals surface area contributed by atoms with Crippen LogP contribution < -0.4 is 0 Å². The van der Waals surface area contributed by atoms with Crippen LogP contribution in [0.2, 0.25) is 0 Å². The summed E-state index contributed by atoms with van der Waals surface area (Å²) in [5, 5.41) is 10.0. The first-order chi connectivity index (χ1) is 6.48. The predicted molar refractivity (Wildman–Crippen MR) is 63.4 cm³/mol. The fraction of sp³-hybridized carbons (Fsp3) is 0.846. The maximum atomic E-state index is 10.0. The Morgan fingerprint density at radius 3 is 2.36 bits per heavy atom. The van der Waals surface area contributed by atoms with Crippen LogP contribution in [0.4, 0.5) is 0 Å². The minimum absolute atomic E-state index is 0.495. The molecule has 0 rings (SSSR count). The SMILES string of the molecule is CCCCCCC(C)(O)CC=C(C)C. The van der Waals surface area contributed by atoms with Crippen LogP contribution in [0.5, 0.6) is 0 Å². The first kappa shape index (κ1) is 13.7. The van der Waals surface area contributed by atoms with E-state index < -0.39 is 5.60 Å². The summed E-state index contributed by atoms with van der Waals surface area (Å²) in [7, 11) is 0. The van der Waals surface area contributed by atoms with E-state index in [9.17, 15) is 5.11 Å². The fourth-order valence-electron chi connectivity index (χ4n) is 1.46. The maximum Gasteiger partial charge on any atom is 0.0654 e. The van der Waals surface area contributed by atoms with Crippen LogP contribution in [0, 0.1) is 0 Å². The zero-order chi connectivity index (χ0) is 11.0. The largest absolute Gasteiger partial charge is 0.390 e. The molecule has 0 aliphatic heterocycles. The number of hydrogen-bond donors (Lipinski definition) is 1. The van der Waals surface area contributed by atoms with E-state index in [1.165, 1.54) is 24.8 Å². The topological polar surface area (TPSA) is 20.2 Å². The molecule has 0 radical (unpaired) electrons. The van der Waals surface area contributed by atoms with Gasteiger partial charge in [0, 0.05) is 0 Å². The summed E-state index contributed by atoms with van der Waals surface area (Å²) in [5.41, 5.74) is 0.796. The van der Waals surface area contributed by atoms with Crippen molar-refractivity contribution >= 4 is 0 Å². The summed E-state index contributed by atoms with van der Waals surface area (Å²) in [4.78, 5) is 0. The second-order valence-corrected chi connectivity index (χ2v) is 4.79. The Hall–Kier alpha value is -0.300. The fourth-order valence-corrected chi connectivity index (χ4v) is 1.46. The molecular formula is C13H26O. The molecule has 0 aliphatic carbocycles. The highest BCUT2D eigenvalue weighted by Gasteiger charge is 2.17. The molecule has 0 amide bonds. The lowest BCUT2D eigenvalue weighted by atomic mass is 9.94. The average molecular weight is 198 g/mol. The van der Waals surface area contributed by atoms with E-state index in [0.29, 0.717) is 0 Å². The third-order valence-electron chi connectivity index (χ3n) is 2.52. The maximum absolute atomic E-state index is 10.0. The van der Waals surface area contributed by atoms with Gasteiger partial charge in [0.15, 0.2) is 0 Å². The zero-order valence-corrected chi connectivity index (χ0v) is 10.3. The molecule has 0 saturated heterocycles. The van der Waals surface area contributed by atoms with Gasteiger partial charge < -0.3 is 5.11 Å². The molecule has 0 saturated carbocycles. The molecule has 14 heavy (non-hydrogen) atoms. The lowest BCUT2D eigenvalue weighted by molar-refractivity contribution is 0.0510. The quantitative estimate of drug-likeness (QED) is 0.483. The van der Waals surface area contributed by atoms with E-state index in [1.54, 1.807) is 0 Å². The third kappa shape index (κ3) is 8.31. The van der Waals surface area contributed by atoms with Gasteiger partial charge in [0.2, 0.25) is 0 Å². The summed E-state index contributed by atoms with van der Waals surface area (Å²) in [6, 6.07) is 0. The van der Waals surface area contributed by atoms with Gasteiger partial charge in [-0.2, -0.15) is 0 Å². The van der Waals surface area contributed by atoms with Crippen molar-refractivity contribution in [2.75, 3.05) is 0 Å². The van der Waals surface area contributed by atoms with E-state index >= 15 is 0 Å². The molecule has 1 N–H and O–H groups in total. The minimum Gasteiger partial charge on any atom is -0.390 e. The molecule has 84 valence electrons. The standard InChI is InChI=1S/C13H26O/c1-5-6-7-8-10-13(4,14)11-9-12(2)3/h9,14H,5-8,10-11H2,1-4H3. The average Bonchev–Trinajstić information content (AvgIpc) is 2.10. The summed E-state index contributed by atoms with van der Waals surface area (Å²) in [6.07, 6.45) is 8.80. The van der Waals surface area contributed by atoms with E-state index in [-0.39, 0.29) is 0 Å². The van der Waals surface area contributed by atoms with Gasteiger partial charge >= 0.3 is 0 Å². The first-order valence-electron chi connectivity index (χ1n) is 5.83. The summed E-state index contributed by atoms with van der Waals surface area (Å²) in [5.74, 6) is 0. The summed E-state index contributed by atoms with van der Waals surface area (Å²) < 4.78 is 0. The van der Waals surface area contributed by atoms with Gasteiger partial charge in [0.1, 0.15) is 0 Å². The van der Waals surface area contributed by atoms with Crippen LogP contribution in [-0.4, -0.2) is 10.7 Å². The van der Waals surface area contributed by atoms with Crippen molar-refractivity contribution < 1.29 is 5.11 Å². The van der Waals surface area contributed by atoms with Gasteiger partial charge in [-0.05, 0) is 33.6 Å². The second-order valence-electron chi connectivity index (χ2n) is 4.79. The van der Waals surface area contributed by atoms with Crippen molar-refractivity contribution in [1.82, 2.24) is 0 Å². The highest BCUT2D eigenvalue weighted by molar-refractivity contribution is 4.97. The Morgan fingerprint density at radius 1 is 1.21 bits per heavy atom. The van der Waals surface area contributed by atoms with Crippen molar-refractivity contribution in [3.8, 4) is 0 Å². The van der Waals surface area contributed by atoms with E-state index in [0.717, 1.165) is 19.3 Å². The van der Waals surface area contributed by atoms with Gasteiger partial charge in [-0.25, -0.2) is 0 Å². The molecule has 1 heteroatoms. The number of rotatable bonds is 7. The van der Waals surface area contributed by atoms with Crippen LogP contribution in [0.25, 0.3) is 0 Å². The lowest BCUT2D eigenvalue weighted by Gasteiger charge is -2.21. The Kier molecular flexibility index (Phi) is 6.90. The Morgan fingerprint density at radius 2 is 1.86 bits per heavy atom. The summed E-state index contributed by atoms with van der Waals surface area (Å²) in [6.45, 7) is 8.31. The van der Waals surface area contributed by atoms with Gasteiger partial charge in [-0.1, -0.05) is 44.3 Å². The molecular weight excluding hydrogens is 172 g/mol. The van der Waals surface area contributed by atoms with E-state index in [2.05, 4.69) is 26.8 Å². The number of aliphatic hydroxyl groups is 1. The van der Waals surface area contributed by atoms with Crippen LogP contribution in [0.3, 0.4) is 0 Å². The van der Waals surface area contributed by atoms with Crippen LogP contribution >= 0.6 is 0 Å². The molecule has 0 fully saturated rings. The van der Waals surface area contributed by atoms with Crippen LogP contribution in [0.15, 0.2) is 11.6 Å². The van der Waals surface area contributed by atoms with Crippen molar-refractivity contribution in [3.05, 3.63) is 11.6 Å². The second kappa shape index (κ2) is 7.05. The Labute approximate surface area is 89.2 Å². The van der Waals surface area contributed by atoms with Crippen molar-refractivity contribution in [3.63, 3.8) is 0 Å². The van der Waals surface area contributed by atoms with Crippen LogP contribution in [0.1, 0.15) is 66.2 Å². The molecule has 0 aromatic rings. The number of unbranched alkanes of at least 4 members (excludes halogenated alkanes) is 3. The van der Waals surface area contributed by atoms with E-state index in [1.807, 2.05) is 6.92 Å². The van der Waals surface area contributed by atoms with Gasteiger partial charge in [0.05, 0.1) is 5.60 Å². The van der Waals surface area contributed by atoms with Crippen molar-refractivity contribution in [2.24, 2.45) is 0 Å². The van der Waals surface area contributed by atoms with Crippen molar-refractivity contribution in [2.45, 2.75) is 71.8 Å². The number of hydrogen-bond acceptors (Lipinski definition) is 1. The first-order valence-corrected chi connectivity index (χ1v) is 5.83. The van der Waals surface area contributed by atoms with Gasteiger partial charge in [-0.15, -0.1) is 0 Å². The number of allylic oxidation sites excluding steroid dienone is 1. The highest BCUT2D eigenvalue weighted by atomic mass is 16.3. The normalized spacial score (nSPS) is 14.9. The van der Waals surface area contributed by atoms with Gasteiger partial charge in [0.25, 0.3) is 0 Å². The van der Waals surface area contributed by atoms with Gasteiger partial charge in [-0.3, -0.25) is 0 Å².